The molecule has 0 spiro atoms. The number of rotatable bonds is 11. The lowest BCUT2D eigenvalue weighted by Crippen LogP contribution is -2.40. The maximum Gasteiger partial charge on any atom is 0.411 e. The summed E-state index contributed by atoms with van der Waals surface area (Å²) in [7, 11) is -3.94. The highest BCUT2D eigenvalue weighted by Crippen LogP contribution is 2.40. The Bertz CT molecular complexity index is 1350. The third-order valence-corrected chi connectivity index (χ3v) is 10.7. The zero-order chi connectivity index (χ0) is 31.2. The van der Waals surface area contributed by atoms with E-state index in [2.05, 4.69) is 34.5 Å². The largest absolute Gasteiger partial charge is 0.448 e. The highest BCUT2D eigenvalue weighted by Gasteiger charge is 2.29. The molecule has 2 amide bonds. The average Bonchev–Trinajstić information content (AvgIpc) is 3.63. The van der Waals surface area contributed by atoms with Crippen LogP contribution in [0.2, 0.25) is 0 Å². The summed E-state index contributed by atoms with van der Waals surface area (Å²) in [6.07, 6.45) is 8.21. The fourth-order valence-corrected chi connectivity index (χ4v) is 8.38. The summed E-state index contributed by atoms with van der Waals surface area (Å²) >= 11 is 1.50. The number of sulfonamides is 1. The standard InChI is InChI=1S/C31H47N5O5S2/c1-20(2)8-15-28(37)34-22-11-9-21(10-12-22)29-33-18-26(42-29)25-14-13-23(17-27(25)43(39,40)36-31(3,4)5)35-30(38)41-19-24-7-6-16-32-24/h13-14,17-18,20-22,24,32,36H,6-12,15-16,19H2,1-5H3,(H,34,37)(H,35,38)/t21?,22?,24-/m0/s1. The number of ether oxygens (including phenoxy) is 1. The monoisotopic (exact) mass is 633 g/mol. The molecule has 4 rings (SSSR count). The number of aromatic nitrogens is 1. The fraction of sp³-hybridized carbons (Fsp3) is 0.645. The predicted octanol–water partition coefficient (Wildman–Crippen LogP) is 5.77. The van der Waals surface area contributed by atoms with E-state index in [1.165, 1.54) is 17.4 Å². The maximum absolute atomic E-state index is 13.6. The molecule has 4 N–H and O–H groups in total. The highest BCUT2D eigenvalue weighted by molar-refractivity contribution is 7.89. The zero-order valence-electron chi connectivity index (χ0n) is 26.0. The first-order valence-electron chi connectivity index (χ1n) is 15.4. The molecule has 1 aromatic heterocycles. The minimum Gasteiger partial charge on any atom is -0.448 e. The number of hydrogen-bond acceptors (Lipinski definition) is 8. The van der Waals surface area contributed by atoms with Gasteiger partial charge in [-0.1, -0.05) is 19.9 Å². The molecular weight excluding hydrogens is 587 g/mol. The lowest BCUT2D eigenvalue weighted by atomic mass is 9.86. The summed E-state index contributed by atoms with van der Waals surface area (Å²) < 4.78 is 35.3. The van der Waals surface area contributed by atoms with Gasteiger partial charge >= 0.3 is 6.09 Å². The van der Waals surface area contributed by atoms with Crippen LogP contribution in [-0.2, 0) is 19.6 Å². The van der Waals surface area contributed by atoms with Crippen molar-refractivity contribution in [3.8, 4) is 10.4 Å². The third-order valence-electron chi connectivity index (χ3n) is 7.72. The van der Waals surface area contributed by atoms with Crippen LogP contribution in [0, 0.1) is 5.92 Å². The topological polar surface area (TPSA) is 139 Å². The molecule has 0 radical (unpaired) electrons. The second-order valence-electron chi connectivity index (χ2n) is 13.2. The smallest absolute Gasteiger partial charge is 0.411 e. The van der Waals surface area contributed by atoms with Crippen molar-refractivity contribution in [3.63, 3.8) is 0 Å². The molecular formula is C31H47N5O5S2. The van der Waals surface area contributed by atoms with Gasteiger partial charge in [0.05, 0.1) is 14.8 Å². The quantitative estimate of drug-likeness (QED) is 0.247. The Morgan fingerprint density at radius 1 is 1.14 bits per heavy atom. The number of benzene rings is 1. The molecule has 1 aliphatic heterocycles. The van der Waals surface area contributed by atoms with E-state index in [0.717, 1.165) is 61.4 Å². The Labute approximate surface area is 260 Å². The molecule has 1 aromatic carbocycles. The van der Waals surface area contributed by atoms with Gasteiger partial charge < -0.3 is 15.4 Å². The van der Waals surface area contributed by atoms with Crippen LogP contribution in [0.4, 0.5) is 10.5 Å². The molecule has 10 nitrogen and oxygen atoms in total. The van der Waals surface area contributed by atoms with Gasteiger partial charge in [-0.15, -0.1) is 11.3 Å². The van der Waals surface area contributed by atoms with E-state index in [1.807, 2.05) is 0 Å². The number of carbonyl (C=O) groups is 2. The second-order valence-corrected chi connectivity index (χ2v) is 15.9. The first-order chi connectivity index (χ1) is 20.3. The van der Waals surface area contributed by atoms with Crippen LogP contribution in [0.15, 0.2) is 29.3 Å². The third kappa shape index (κ3) is 9.99. The molecule has 2 fully saturated rings. The van der Waals surface area contributed by atoms with Gasteiger partial charge in [0.25, 0.3) is 0 Å². The van der Waals surface area contributed by atoms with Crippen molar-refractivity contribution < 1.29 is 22.7 Å². The van der Waals surface area contributed by atoms with Gasteiger partial charge in [0, 0.05) is 47.4 Å². The molecule has 2 heterocycles. The van der Waals surface area contributed by atoms with E-state index < -0.39 is 21.7 Å². The van der Waals surface area contributed by atoms with Crippen molar-refractivity contribution in [1.29, 1.82) is 0 Å². The number of thiazole rings is 1. The van der Waals surface area contributed by atoms with Crippen molar-refractivity contribution in [2.45, 2.75) is 114 Å². The van der Waals surface area contributed by atoms with Gasteiger partial charge in [-0.25, -0.2) is 22.9 Å². The molecule has 0 bridgehead atoms. The molecule has 1 atom stereocenters. The second kappa shape index (κ2) is 14.5. The summed E-state index contributed by atoms with van der Waals surface area (Å²) in [6.45, 7) is 10.8. The van der Waals surface area contributed by atoms with Crippen LogP contribution in [0.25, 0.3) is 10.4 Å². The predicted molar refractivity (Wildman–Crippen MR) is 171 cm³/mol. The van der Waals surface area contributed by atoms with E-state index in [0.29, 0.717) is 23.6 Å². The van der Waals surface area contributed by atoms with Crippen LogP contribution in [0.3, 0.4) is 0 Å². The van der Waals surface area contributed by atoms with Crippen molar-refractivity contribution in [3.05, 3.63) is 29.4 Å². The highest BCUT2D eigenvalue weighted by atomic mass is 32.2. The van der Waals surface area contributed by atoms with Gasteiger partial charge in [-0.05, 0) is 90.3 Å². The van der Waals surface area contributed by atoms with E-state index >= 15 is 0 Å². The summed E-state index contributed by atoms with van der Waals surface area (Å²) in [5.74, 6) is 0.900. The van der Waals surface area contributed by atoms with Crippen LogP contribution in [-0.4, -0.2) is 56.2 Å². The number of hydrogen-bond donors (Lipinski definition) is 4. The van der Waals surface area contributed by atoms with Crippen LogP contribution >= 0.6 is 11.3 Å². The number of anilines is 1. The van der Waals surface area contributed by atoms with Crippen molar-refractivity contribution in [2.24, 2.45) is 5.92 Å². The van der Waals surface area contributed by atoms with Gasteiger partial charge in [0.2, 0.25) is 15.9 Å². The first-order valence-corrected chi connectivity index (χ1v) is 17.7. The Balaban J connectivity index is 1.47. The summed E-state index contributed by atoms with van der Waals surface area (Å²) in [5.41, 5.74) is 0.163. The molecule has 2 aliphatic rings. The molecule has 43 heavy (non-hydrogen) atoms. The van der Waals surface area contributed by atoms with Gasteiger partial charge in [-0.3, -0.25) is 10.1 Å². The molecule has 1 aliphatic carbocycles. The SMILES string of the molecule is CC(C)CCC(=O)NC1CCC(c2ncc(-c3ccc(NC(=O)OC[C@@H]4CCCN4)cc3S(=O)(=O)NC(C)(C)C)s2)CC1. The Kier molecular flexibility index (Phi) is 11.2. The van der Waals surface area contributed by atoms with Crippen molar-refractivity contribution in [2.75, 3.05) is 18.5 Å². The number of nitrogens with one attached hydrogen (secondary N) is 4. The molecule has 0 unspecified atom stereocenters. The first kappa shape index (κ1) is 33.4. The normalized spacial score (nSPS) is 21.1. The Hall–Kier alpha value is -2.54. The number of amides is 2. The average molecular weight is 634 g/mol. The van der Waals surface area contributed by atoms with E-state index in [-0.39, 0.29) is 35.4 Å². The molecule has 2 aromatic rings. The summed E-state index contributed by atoms with van der Waals surface area (Å²) in [6, 6.07) is 5.21. The Morgan fingerprint density at radius 3 is 2.53 bits per heavy atom. The van der Waals surface area contributed by atoms with Gasteiger partial charge in [0.15, 0.2) is 0 Å². The lowest BCUT2D eigenvalue weighted by Gasteiger charge is -2.28. The molecule has 1 saturated heterocycles. The van der Waals surface area contributed by atoms with Crippen LogP contribution < -0.4 is 20.7 Å². The van der Waals surface area contributed by atoms with Gasteiger partial charge in [0.1, 0.15) is 6.61 Å². The minimum absolute atomic E-state index is 0.0701. The zero-order valence-corrected chi connectivity index (χ0v) is 27.6. The summed E-state index contributed by atoms with van der Waals surface area (Å²) in [5, 5.41) is 10.1. The number of nitrogens with zero attached hydrogens (tertiary/aromatic N) is 1. The van der Waals surface area contributed by atoms with Gasteiger partial charge in [-0.2, -0.15) is 0 Å². The molecule has 238 valence electrons. The van der Waals surface area contributed by atoms with Crippen molar-refractivity contribution in [1.82, 2.24) is 20.3 Å². The van der Waals surface area contributed by atoms with E-state index in [4.69, 9.17) is 9.72 Å². The lowest BCUT2D eigenvalue weighted by molar-refractivity contribution is -0.122. The Morgan fingerprint density at radius 2 is 1.88 bits per heavy atom. The summed E-state index contributed by atoms with van der Waals surface area (Å²) in [4.78, 5) is 30.3. The number of carbonyl (C=O) groups excluding carboxylic acids is 2. The maximum atomic E-state index is 13.6. The minimum atomic E-state index is -3.94. The van der Waals surface area contributed by atoms with Crippen molar-refractivity contribution >= 4 is 39.0 Å². The molecule has 12 heteroatoms. The molecule has 1 saturated carbocycles. The fourth-order valence-electron chi connectivity index (χ4n) is 5.52. The van der Waals surface area contributed by atoms with Crippen LogP contribution in [0.1, 0.15) is 96.9 Å². The van der Waals surface area contributed by atoms with Crippen LogP contribution in [0.5, 0.6) is 0 Å². The van der Waals surface area contributed by atoms with E-state index in [9.17, 15) is 18.0 Å². The van der Waals surface area contributed by atoms with E-state index in [1.54, 1.807) is 39.1 Å².